The van der Waals surface area contributed by atoms with Crippen LogP contribution in [-0.2, 0) is 4.79 Å². The number of amides is 1. The van der Waals surface area contributed by atoms with E-state index < -0.39 is 11.0 Å². The molecule has 1 amide bonds. The SMILES string of the molecule is COc1cc([N+](=O)[O-])ccc1-c1ccc([C@@H]2[C@H](c3ccccn3)NC(=S)N2CCC(=O)Nc2cc(C)ccc2C)o1. The molecule has 0 spiro atoms. The van der Waals surface area contributed by atoms with Crippen LogP contribution in [0.25, 0.3) is 11.3 Å². The van der Waals surface area contributed by atoms with E-state index in [1.165, 1.54) is 19.2 Å². The molecule has 4 aromatic rings. The molecule has 11 heteroatoms. The Morgan fingerprint density at radius 3 is 2.73 bits per heavy atom. The maximum Gasteiger partial charge on any atom is 0.273 e. The van der Waals surface area contributed by atoms with E-state index in [2.05, 4.69) is 15.6 Å². The van der Waals surface area contributed by atoms with E-state index in [-0.39, 0.29) is 24.1 Å². The van der Waals surface area contributed by atoms with Gasteiger partial charge in [0.25, 0.3) is 5.69 Å². The number of nitrogens with one attached hydrogen (secondary N) is 2. The van der Waals surface area contributed by atoms with Gasteiger partial charge in [0.05, 0.1) is 35.4 Å². The highest BCUT2D eigenvalue weighted by atomic mass is 32.1. The number of carbonyl (C=O) groups is 1. The molecule has 2 N–H and O–H groups in total. The molecule has 1 saturated heterocycles. The lowest BCUT2D eigenvalue weighted by molar-refractivity contribution is -0.384. The van der Waals surface area contributed by atoms with E-state index >= 15 is 0 Å². The smallest absolute Gasteiger partial charge is 0.273 e. The molecule has 0 bridgehead atoms. The van der Waals surface area contributed by atoms with Crippen molar-refractivity contribution < 1.29 is 18.9 Å². The second-order valence-electron chi connectivity index (χ2n) is 9.78. The van der Waals surface area contributed by atoms with Gasteiger partial charge in [-0.2, -0.15) is 0 Å². The van der Waals surface area contributed by atoms with Gasteiger partial charge in [-0.05, 0) is 73.6 Å². The maximum absolute atomic E-state index is 13.0. The Morgan fingerprint density at radius 2 is 2.00 bits per heavy atom. The highest BCUT2D eigenvalue weighted by Gasteiger charge is 2.41. The van der Waals surface area contributed by atoms with Gasteiger partial charge in [-0.3, -0.25) is 19.9 Å². The van der Waals surface area contributed by atoms with Crippen LogP contribution in [0.2, 0.25) is 0 Å². The van der Waals surface area contributed by atoms with Crippen molar-refractivity contribution in [3.63, 3.8) is 0 Å². The Labute approximate surface area is 242 Å². The zero-order valence-corrected chi connectivity index (χ0v) is 23.6. The number of hydrogen-bond donors (Lipinski definition) is 2. The second-order valence-corrected chi connectivity index (χ2v) is 10.2. The topological polar surface area (TPSA) is 123 Å². The number of nitro groups is 1. The summed E-state index contributed by atoms with van der Waals surface area (Å²) in [4.78, 5) is 30.2. The predicted octanol–water partition coefficient (Wildman–Crippen LogP) is 5.88. The van der Waals surface area contributed by atoms with Gasteiger partial charge in [0.15, 0.2) is 5.11 Å². The third kappa shape index (κ3) is 5.90. The summed E-state index contributed by atoms with van der Waals surface area (Å²) in [7, 11) is 1.45. The highest BCUT2D eigenvalue weighted by molar-refractivity contribution is 7.80. The molecule has 2 aromatic heterocycles. The first-order valence-corrected chi connectivity index (χ1v) is 13.4. The van der Waals surface area contributed by atoms with E-state index in [0.717, 1.165) is 22.5 Å². The largest absolute Gasteiger partial charge is 0.496 e. The summed E-state index contributed by atoms with van der Waals surface area (Å²) in [5.74, 6) is 1.27. The molecule has 210 valence electrons. The van der Waals surface area contributed by atoms with Gasteiger partial charge in [-0.25, -0.2) is 0 Å². The van der Waals surface area contributed by atoms with Gasteiger partial charge in [-0.1, -0.05) is 18.2 Å². The van der Waals surface area contributed by atoms with Crippen LogP contribution in [0.4, 0.5) is 11.4 Å². The lowest BCUT2D eigenvalue weighted by atomic mass is 10.0. The summed E-state index contributed by atoms with van der Waals surface area (Å²) in [5, 5.41) is 18.1. The number of benzene rings is 2. The molecule has 0 radical (unpaired) electrons. The average molecular weight is 572 g/mol. The van der Waals surface area contributed by atoms with Crippen molar-refractivity contribution in [1.82, 2.24) is 15.2 Å². The Hall–Kier alpha value is -4.77. The number of thiocarbonyl (C=S) groups is 1. The zero-order valence-electron chi connectivity index (χ0n) is 22.8. The molecule has 2 atom stereocenters. The third-order valence-corrected chi connectivity index (χ3v) is 7.38. The molecule has 1 fully saturated rings. The van der Waals surface area contributed by atoms with E-state index in [0.29, 0.717) is 34.5 Å². The van der Waals surface area contributed by atoms with Gasteiger partial charge in [0.2, 0.25) is 5.91 Å². The van der Waals surface area contributed by atoms with E-state index in [1.807, 2.05) is 61.2 Å². The summed E-state index contributed by atoms with van der Waals surface area (Å²) in [6.45, 7) is 4.28. The number of rotatable bonds is 9. The minimum Gasteiger partial charge on any atom is -0.496 e. The van der Waals surface area contributed by atoms with Crippen molar-refractivity contribution in [1.29, 1.82) is 0 Å². The molecule has 10 nitrogen and oxygen atoms in total. The number of anilines is 1. The molecule has 5 rings (SSSR count). The normalized spacial score (nSPS) is 16.4. The molecule has 1 aliphatic heterocycles. The van der Waals surface area contributed by atoms with Crippen LogP contribution in [0.5, 0.6) is 5.75 Å². The fraction of sp³-hybridized carbons (Fsp3) is 0.233. The predicted molar refractivity (Wildman–Crippen MR) is 159 cm³/mol. The number of methoxy groups -OCH3 is 1. The minimum atomic E-state index is -0.475. The van der Waals surface area contributed by atoms with Crippen molar-refractivity contribution in [2.24, 2.45) is 0 Å². The number of non-ortho nitro benzene ring substituents is 1. The fourth-order valence-corrected chi connectivity index (χ4v) is 5.25. The highest BCUT2D eigenvalue weighted by Crippen LogP contribution is 2.42. The van der Waals surface area contributed by atoms with Gasteiger partial charge in [-0.15, -0.1) is 0 Å². The van der Waals surface area contributed by atoms with Gasteiger partial charge in [0.1, 0.15) is 23.3 Å². The van der Waals surface area contributed by atoms with Gasteiger partial charge >= 0.3 is 0 Å². The number of nitrogens with zero attached hydrogens (tertiary/aromatic N) is 3. The van der Waals surface area contributed by atoms with E-state index in [4.69, 9.17) is 21.4 Å². The Balaban J connectivity index is 1.43. The number of pyridine rings is 1. The van der Waals surface area contributed by atoms with Crippen molar-refractivity contribution in [2.75, 3.05) is 19.0 Å². The van der Waals surface area contributed by atoms with Crippen molar-refractivity contribution >= 4 is 34.6 Å². The molecular formula is C30H29N5O5S. The number of furan rings is 1. The van der Waals surface area contributed by atoms with Crippen LogP contribution < -0.4 is 15.4 Å². The molecule has 3 heterocycles. The van der Waals surface area contributed by atoms with Crippen molar-refractivity contribution in [2.45, 2.75) is 32.4 Å². The summed E-state index contributed by atoms with van der Waals surface area (Å²) in [6, 6.07) is 18.9. The van der Waals surface area contributed by atoms with E-state index in [1.54, 1.807) is 18.3 Å². The van der Waals surface area contributed by atoms with Crippen LogP contribution in [-0.4, -0.2) is 39.5 Å². The van der Waals surface area contributed by atoms with Crippen molar-refractivity contribution in [3.8, 4) is 17.1 Å². The molecular weight excluding hydrogens is 542 g/mol. The van der Waals surface area contributed by atoms with Gasteiger partial charge in [0, 0.05) is 30.9 Å². The maximum atomic E-state index is 13.0. The number of hydrogen-bond acceptors (Lipinski definition) is 7. The number of ether oxygens (including phenoxy) is 1. The molecule has 2 aromatic carbocycles. The minimum absolute atomic E-state index is 0.0803. The summed E-state index contributed by atoms with van der Waals surface area (Å²) in [6.07, 6.45) is 1.91. The summed E-state index contributed by atoms with van der Waals surface area (Å²) in [5.41, 5.74) is 4.10. The lowest BCUT2D eigenvalue weighted by Gasteiger charge is -2.26. The molecule has 1 aliphatic rings. The Kier molecular flexibility index (Phi) is 7.97. The van der Waals surface area contributed by atoms with Crippen LogP contribution in [0.15, 0.2) is 77.3 Å². The average Bonchev–Trinajstić information content (AvgIpc) is 3.58. The number of aryl methyl sites for hydroxylation is 2. The third-order valence-electron chi connectivity index (χ3n) is 7.02. The molecule has 0 aliphatic carbocycles. The fourth-order valence-electron chi connectivity index (χ4n) is 4.91. The Bertz CT molecular complexity index is 1610. The van der Waals surface area contributed by atoms with Gasteiger partial charge < -0.3 is 24.7 Å². The summed E-state index contributed by atoms with van der Waals surface area (Å²) >= 11 is 5.72. The lowest BCUT2D eigenvalue weighted by Crippen LogP contribution is -2.32. The van der Waals surface area contributed by atoms with Crippen LogP contribution >= 0.6 is 12.2 Å². The first kappa shape index (κ1) is 27.8. The first-order valence-electron chi connectivity index (χ1n) is 13.0. The first-order chi connectivity index (χ1) is 19.7. The number of aromatic nitrogens is 1. The Morgan fingerprint density at radius 1 is 1.17 bits per heavy atom. The van der Waals surface area contributed by atoms with Crippen molar-refractivity contribution in [3.05, 3.63) is 106 Å². The quantitative estimate of drug-likeness (QED) is 0.144. The standard InChI is InChI=1S/C30H29N5O5S/c1-18-7-8-19(2)23(16-18)32-27(36)13-15-34-29(28(33-30(34)41)22-6-4-5-14-31-22)25-12-11-24(40-25)21-10-9-20(35(37)38)17-26(21)39-3/h4-12,14,16-17,28-29H,13,15H2,1-3H3,(H,32,36)(H,33,41)/t28-,29+/m0/s1. The van der Waals surface area contributed by atoms with Crippen LogP contribution in [0.1, 0.15) is 41.1 Å². The molecule has 0 saturated carbocycles. The van der Waals surface area contributed by atoms with E-state index in [9.17, 15) is 14.9 Å². The van der Waals surface area contributed by atoms with Crippen LogP contribution in [0.3, 0.4) is 0 Å². The second kappa shape index (κ2) is 11.8. The molecule has 0 unspecified atom stereocenters. The summed E-state index contributed by atoms with van der Waals surface area (Å²) < 4.78 is 11.8. The number of nitro benzene ring substituents is 1. The zero-order chi connectivity index (χ0) is 29.1. The molecule has 41 heavy (non-hydrogen) atoms. The van der Waals surface area contributed by atoms with Crippen LogP contribution in [0, 0.1) is 24.0 Å². The number of carbonyl (C=O) groups excluding carboxylic acids is 1. The monoisotopic (exact) mass is 571 g/mol.